The largest absolute Gasteiger partial charge is 0.271 e. The van der Waals surface area contributed by atoms with Crippen molar-refractivity contribution in [3.05, 3.63) is 29.6 Å². The van der Waals surface area contributed by atoms with E-state index in [-0.39, 0.29) is 0 Å². The summed E-state index contributed by atoms with van der Waals surface area (Å²) < 4.78 is 0. The number of nitrogens with one attached hydrogen (secondary N) is 1. The molecule has 1 aromatic heterocycles. The van der Waals surface area contributed by atoms with Crippen molar-refractivity contribution in [2.45, 2.75) is 65.3 Å². The molecule has 1 aromatic rings. The van der Waals surface area contributed by atoms with Gasteiger partial charge in [0, 0.05) is 24.4 Å². The van der Waals surface area contributed by atoms with Gasteiger partial charge >= 0.3 is 0 Å². The van der Waals surface area contributed by atoms with Crippen molar-refractivity contribution in [3.63, 3.8) is 0 Å². The van der Waals surface area contributed by atoms with Crippen LogP contribution in [0.4, 0.5) is 0 Å². The van der Waals surface area contributed by atoms with E-state index in [9.17, 15) is 0 Å². The normalized spacial score (nSPS) is 14.3. The second-order valence-corrected chi connectivity index (χ2v) is 5.30. The zero-order chi connectivity index (χ0) is 14.1. The number of nitrogens with two attached hydrogens (primary N) is 1. The maximum absolute atomic E-state index is 5.75. The third-order valence-electron chi connectivity index (χ3n) is 3.96. The van der Waals surface area contributed by atoms with Gasteiger partial charge in [0.05, 0.1) is 0 Å². The molecule has 0 aromatic carbocycles. The Morgan fingerprint density at radius 2 is 2.05 bits per heavy atom. The van der Waals surface area contributed by atoms with Crippen LogP contribution in [0.15, 0.2) is 18.3 Å². The summed E-state index contributed by atoms with van der Waals surface area (Å²) in [4.78, 5) is 4.54. The van der Waals surface area contributed by atoms with Gasteiger partial charge in [0.15, 0.2) is 0 Å². The van der Waals surface area contributed by atoms with Crippen molar-refractivity contribution in [2.24, 2.45) is 11.8 Å². The topological polar surface area (TPSA) is 50.9 Å². The fourth-order valence-corrected chi connectivity index (χ4v) is 2.53. The number of hydrogen-bond donors (Lipinski definition) is 2. The van der Waals surface area contributed by atoms with E-state index in [2.05, 4.69) is 43.3 Å². The van der Waals surface area contributed by atoms with Crippen molar-refractivity contribution in [1.82, 2.24) is 10.4 Å². The molecule has 0 saturated carbocycles. The van der Waals surface area contributed by atoms with E-state index in [4.69, 9.17) is 5.84 Å². The fourth-order valence-electron chi connectivity index (χ4n) is 2.53. The molecule has 0 bridgehead atoms. The summed E-state index contributed by atoms with van der Waals surface area (Å²) >= 11 is 0. The van der Waals surface area contributed by atoms with Gasteiger partial charge in [0.2, 0.25) is 0 Å². The molecule has 0 aliphatic rings. The van der Waals surface area contributed by atoms with Crippen LogP contribution in [-0.4, -0.2) is 11.0 Å². The monoisotopic (exact) mass is 263 g/mol. The smallest absolute Gasteiger partial charge is 0.0419 e. The minimum Gasteiger partial charge on any atom is -0.271 e. The molecule has 2 atom stereocenters. The first-order valence-electron chi connectivity index (χ1n) is 7.65. The van der Waals surface area contributed by atoms with Gasteiger partial charge < -0.3 is 0 Å². The molecule has 0 spiro atoms. The molecule has 0 saturated heterocycles. The van der Waals surface area contributed by atoms with Gasteiger partial charge in [-0.15, -0.1) is 0 Å². The summed E-state index contributed by atoms with van der Waals surface area (Å²) in [7, 11) is 0. The molecule has 3 N–H and O–H groups in total. The molecule has 0 amide bonds. The molecular weight excluding hydrogens is 234 g/mol. The number of rotatable bonds is 9. The molecule has 1 heterocycles. The lowest BCUT2D eigenvalue weighted by Gasteiger charge is -2.25. The highest BCUT2D eigenvalue weighted by molar-refractivity contribution is 5.14. The highest BCUT2D eigenvalue weighted by Crippen LogP contribution is 2.19. The summed E-state index contributed by atoms with van der Waals surface area (Å²) in [5, 5.41) is 0. The van der Waals surface area contributed by atoms with Crippen LogP contribution in [0.25, 0.3) is 0 Å². The molecule has 1 rings (SSSR count). The van der Waals surface area contributed by atoms with Crippen LogP contribution in [0.5, 0.6) is 0 Å². The number of pyridine rings is 1. The predicted octanol–water partition coefficient (Wildman–Crippen LogP) is 3.23. The Bertz CT molecular complexity index is 334. The van der Waals surface area contributed by atoms with Crippen LogP contribution >= 0.6 is 0 Å². The van der Waals surface area contributed by atoms with E-state index in [1.165, 1.54) is 31.2 Å². The number of hydrazine groups is 1. The van der Waals surface area contributed by atoms with Crippen molar-refractivity contribution in [3.8, 4) is 0 Å². The predicted molar refractivity (Wildman–Crippen MR) is 81.7 cm³/mol. The Hall–Kier alpha value is -0.930. The summed E-state index contributed by atoms with van der Waals surface area (Å²) in [6, 6.07) is 4.63. The first-order valence-corrected chi connectivity index (χ1v) is 7.65. The Morgan fingerprint density at radius 3 is 2.53 bits per heavy atom. The van der Waals surface area contributed by atoms with Gasteiger partial charge in [-0.05, 0) is 30.4 Å². The van der Waals surface area contributed by atoms with E-state index in [1.54, 1.807) is 0 Å². The lowest BCUT2D eigenvalue weighted by atomic mass is 9.89. The van der Waals surface area contributed by atoms with Gasteiger partial charge in [-0.1, -0.05) is 46.1 Å². The van der Waals surface area contributed by atoms with Crippen LogP contribution in [-0.2, 0) is 12.8 Å². The van der Waals surface area contributed by atoms with Gasteiger partial charge in [-0.2, -0.15) is 0 Å². The number of aromatic nitrogens is 1. The number of unbranched alkanes of at least 4 members (excludes halogenated alkanes) is 1. The summed E-state index contributed by atoms with van der Waals surface area (Å²) in [5.74, 6) is 6.38. The Kier molecular flexibility index (Phi) is 7.68. The van der Waals surface area contributed by atoms with Gasteiger partial charge in [-0.3, -0.25) is 16.3 Å². The van der Waals surface area contributed by atoms with Crippen LogP contribution < -0.4 is 11.3 Å². The Balaban J connectivity index is 2.62. The minimum atomic E-state index is 0.330. The van der Waals surface area contributed by atoms with Gasteiger partial charge in [0.1, 0.15) is 0 Å². The Morgan fingerprint density at radius 1 is 1.26 bits per heavy atom. The van der Waals surface area contributed by atoms with Gasteiger partial charge in [-0.25, -0.2) is 0 Å². The molecule has 3 nitrogen and oxygen atoms in total. The van der Waals surface area contributed by atoms with Crippen LogP contribution in [0.1, 0.15) is 57.7 Å². The molecule has 0 aliphatic carbocycles. The number of nitrogens with zero attached hydrogens (tertiary/aromatic N) is 1. The van der Waals surface area contributed by atoms with Crippen LogP contribution in [0, 0.1) is 5.92 Å². The lowest BCUT2D eigenvalue weighted by molar-refractivity contribution is 0.317. The minimum absolute atomic E-state index is 0.330. The molecule has 2 unspecified atom stereocenters. The van der Waals surface area contributed by atoms with Crippen molar-refractivity contribution < 1.29 is 0 Å². The summed E-state index contributed by atoms with van der Waals surface area (Å²) in [6.07, 6.45) is 8.88. The van der Waals surface area contributed by atoms with Crippen LogP contribution in [0.3, 0.4) is 0 Å². The maximum Gasteiger partial charge on any atom is 0.0419 e. The van der Waals surface area contributed by atoms with Gasteiger partial charge in [0.25, 0.3) is 0 Å². The lowest BCUT2D eigenvalue weighted by Crippen LogP contribution is -2.42. The highest BCUT2D eigenvalue weighted by Gasteiger charge is 2.19. The standard InChI is InChI=1S/C16H29N3/c1-4-7-8-14(6-3)16(19-17)11-15-10-9-13(5-2)12-18-15/h9-10,12,14,16,19H,4-8,11,17H2,1-3H3. The number of hydrogen-bond acceptors (Lipinski definition) is 3. The van der Waals surface area contributed by atoms with Crippen molar-refractivity contribution in [1.29, 1.82) is 0 Å². The van der Waals surface area contributed by atoms with E-state index in [1.807, 2.05) is 6.20 Å². The quantitative estimate of drug-likeness (QED) is 0.531. The number of aryl methyl sites for hydroxylation is 1. The molecule has 108 valence electrons. The average molecular weight is 263 g/mol. The first-order chi connectivity index (χ1) is 9.24. The van der Waals surface area contributed by atoms with E-state index in [0.29, 0.717) is 12.0 Å². The molecule has 19 heavy (non-hydrogen) atoms. The SMILES string of the molecule is CCCCC(CC)C(Cc1ccc(CC)cn1)NN. The van der Waals surface area contributed by atoms with E-state index < -0.39 is 0 Å². The zero-order valence-electron chi connectivity index (χ0n) is 12.7. The molecule has 3 heteroatoms. The maximum atomic E-state index is 5.75. The third-order valence-corrected chi connectivity index (χ3v) is 3.96. The summed E-state index contributed by atoms with van der Waals surface area (Å²) in [6.45, 7) is 6.64. The highest BCUT2D eigenvalue weighted by atomic mass is 15.2. The van der Waals surface area contributed by atoms with Crippen LogP contribution in [0.2, 0.25) is 0 Å². The molecule has 0 radical (unpaired) electrons. The molecular formula is C16H29N3. The first kappa shape index (κ1) is 16.1. The third kappa shape index (κ3) is 5.29. The molecule has 0 fully saturated rings. The Labute approximate surface area is 118 Å². The van der Waals surface area contributed by atoms with E-state index >= 15 is 0 Å². The second-order valence-electron chi connectivity index (χ2n) is 5.30. The van der Waals surface area contributed by atoms with Crippen molar-refractivity contribution in [2.75, 3.05) is 0 Å². The van der Waals surface area contributed by atoms with E-state index in [0.717, 1.165) is 18.5 Å². The molecule has 0 aliphatic heterocycles. The fraction of sp³-hybridized carbons (Fsp3) is 0.688. The average Bonchev–Trinajstić information content (AvgIpc) is 2.47. The summed E-state index contributed by atoms with van der Waals surface area (Å²) in [5.41, 5.74) is 5.42. The zero-order valence-corrected chi connectivity index (χ0v) is 12.7. The second kappa shape index (κ2) is 9.05. The van der Waals surface area contributed by atoms with Crippen molar-refractivity contribution >= 4 is 0 Å².